The minimum Gasteiger partial charge on any atom is -0.252 e. The van der Waals surface area contributed by atoms with Crippen molar-refractivity contribution in [2.45, 2.75) is 46.5 Å². The van der Waals surface area contributed by atoms with Crippen molar-refractivity contribution < 1.29 is 0 Å². The lowest BCUT2D eigenvalue weighted by molar-refractivity contribution is 0.359. The molecule has 1 aromatic rings. The quantitative estimate of drug-likeness (QED) is 0.691. The van der Waals surface area contributed by atoms with Crippen molar-refractivity contribution in [2.75, 3.05) is 0 Å². The maximum atomic E-state index is 3.91. The van der Waals surface area contributed by atoms with Gasteiger partial charge in [-0.25, -0.2) is 0 Å². The Morgan fingerprint density at radius 2 is 2.00 bits per heavy atom. The second kappa shape index (κ2) is 4.58. The molecule has 0 bridgehead atoms. The number of nitrogens with zero attached hydrogens (tertiary/aromatic N) is 3. The van der Waals surface area contributed by atoms with Crippen molar-refractivity contribution in [3.63, 3.8) is 0 Å². The molecular weight excluding hydrogens is 174 g/mol. The van der Waals surface area contributed by atoms with Crippen LogP contribution >= 0.6 is 0 Å². The van der Waals surface area contributed by atoms with Gasteiger partial charge < -0.3 is 0 Å². The molecule has 0 saturated carbocycles. The van der Waals surface area contributed by atoms with Crippen molar-refractivity contribution in [3.05, 3.63) is 11.9 Å². The summed E-state index contributed by atoms with van der Waals surface area (Å²) in [5.74, 6) is 0. The summed E-state index contributed by atoms with van der Waals surface area (Å²) in [7, 11) is 1.95. The third-order valence-corrected chi connectivity index (χ3v) is 2.42. The van der Waals surface area contributed by atoms with Crippen LogP contribution in [0, 0.1) is 5.41 Å². The van der Waals surface area contributed by atoms with Gasteiger partial charge in [-0.3, -0.25) is 4.68 Å². The fraction of sp³-hybridized carbons (Fsp3) is 0.818. The minimum atomic E-state index is 0.463. The molecule has 0 aliphatic carbocycles. The zero-order valence-electron chi connectivity index (χ0n) is 9.75. The molecule has 0 N–H and O–H groups in total. The van der Waals surface area contributed by atoms with Crippen LogP contribution in [0.3, 0.4) is 0 Å². The fourth-order valence-electron chi connectivity index (χ4n) is 1.50. The molecule has 3 nitrogen and oxygen atoms in total. The summed E-state index contributed by atoms with van der Waals surface area (Å²) < 4.78 is 1.86. The van der Waals surface area contributed by atoms with Crippen LogP contribution in [0.1, 0.15) is 45.7 Å². The van der Waals surface area contributed by atoms with Crippen LogP contribution in [0.5, 0.6) is 0 Å². The summed E-state index contributed by atoms with van der Waals surface area (Å²) in [5.41, 5.74) is 1.70. The Hall–Kier alpha value is -0.860. The maximum absolute atomic E-state index is 3.91. The first-order valence-corrected chi connectivity index (χ1v) is 5.32. The topological polar surface area (TPSA) is 30.7 Å². The molecule has 0 aromatic carbocycles. The molecule has 0 spiro atoms. The van der Waals surface area contributed by atoms with E-state index >= 15 is 0 Å². The zero-order valence-corrected chi connectivity index (χ0v) is 9.75. The van der Waals surface area contributed by atoms with Crippen molar-refractivity contribution >= 4 is 0 Å². The predicted octanol–water partition coefficient (Wildman–Crippen LogP) is 2.57. The highest BCUT2D eigenvalue weighted by Crippen LogP contribution is 2.21. The smallest absolute Gasteiger partial charge is 0.0724 e. The molecule has 3 heteroatoms. The lowest BCUT2D eigenvalue weighted by atomic mass is 9.89. The highest BCUT2D eigenvalue weighted by molar-refractivity contribution is 4.92. The molecule has 0 aliphatic rings. The van der Waals surface area contributed by atoms with E-state index in [4.69, 9.17) is 0 Å². The Morgan fingerprint density at radius 3 is 2.50 bits per heavy atom. The first-order chi connectivity index (χ1) is 6.49. The van der Waals surface area contributed by atoms with E-state index in [1.54, 1.807) is 0 Å². The Morgan fingerprint density at radius 1 is 1.29 bits per heavy atom. The van der Waals surface area contributed by atoms with Crippen LogP contribution in [0.4, 0.5) is 0 Å². The van der Waals surface area contributed by atoms with E-state index in [-0.39, 0.29) is 0 Å². The van der Waals surface area contributed by atoms with Crippen LogP contribution in [0.25, 0.3) is 0 Å². The van der Waals surface area contributed by atoms with Crippen LogP contribution in [-0.2, 0) is 13.5 Å². The standard InChI is InChI=1S/C11H21N3/c1-11(2,3)8-6-5-7-10-9-12-13-14(10)4/h9H,5-8H2,1-4H3. The number of rotatable bonds is 4. The first-order valence-electron chi connectivity index (χ1n) is 5.32. The summed E-state index contributed by atoms with van der Waals surface area (Å²) in [6.45, 7) is 6.87. The van der Waals surface area contributed by atoms with Gasteiger partial charge in [0.2, 0.25) is 0 Å². The summed E-state index contributed by atoms with van der Waals surface area (Å²) in [6.07, 6.45) is 6.77. The van der Waals surface area contributed by atoms with E-state index in [1.165, 1.54) is 25.0 Å². The highest BCUT2D eigenvalue weighted by Gasteiger charge is 2.09. The van der Waals surface area contributed by atoms with Gasteiger partial charge in [-0.15, -0.1) is 5.10 Å². The second-order valence-corrected chi connectivity index (χ2v) is 5.12. The summed E-state index contributed by atoms with van der Waals surface area (Å²) in [4.78, 5) is 0. The third-order valence-electron chi connectivity index (χ3n) is 2.42. The van der Waals surface area contributed by atoms with Gasteiger partial charge >= 0.3 is 0 Å². The number of hydrogen-bond acceptors (Lipinski definition) is 2. The fourth-order valence-corrected chi connectivity index (χ4v) is 1.50. The molecule has 0 amide bonds. The van der Waals surface area contributed by atoms with Crippen molar-refractivity contribution in [1.82, 2.24) is 15.0 Å². The van der Waals surface area contributed by atoms with Crippen LogP contribution in [-0.4, -0.2) is 15.0 Å². The van der Waals surface area contributed by atoms with Crippen molar-refractivity contribution in [2.24, 2.45) is 12.5 Å². The molecule has 1 heterocycles. The molecule has 0 saturated heterocycles. The van der Waals surface area contributed by atoms with E-state index in [2.05, 4.69) is 31.1 Å². The first kappa shape index (κ1) is 11.2. The average molecular weight is 195 g/mol. The van der Waals surface area contributed by atoms with Gasteiger partial charge in [-0.1, -0.05) is 32.4 Å². The predicted molar refractivity (Wildman–Crippen MR) is 58.0 cm³/mol. The number of aromatic nitrogens is 3. The summed E-state index contributed by atoms with van der Waals surface area (Å²) >= 11 is 0. The minimum absolute atomic E-state index is 0.463. The summed E-state index contributed by atoms with van der Waals surface area (Å²) in [5, 5.41) is 7.77. The molecule has 0 atom stereocenters. The molecule has 1 aromatic heterocycles. The van der Waals surface area contributed by atoms with E-state index in [0.29, 0.717) is 5.41 Å². The average Bonchev–Trinajstić information content (AvgIpc) is 2.44. The van der Waals surface area contributed by atoms with Gasteiger partial charge in [0.1, 0.15) is 0 Å². The van der Waals surface area contributed by atoms with Gasteiger partial charge in [-0.2, -0.15) is 0 Å². The van der Waals surface area contributed by atoms with Crippen molar-refractivity contribution in [1.29, 1.82) is 0 Å². The lowest BCUT2D eigenvalue weighted by Gasteiger charge is -2.17. The van der Waals surface area contributed by atoms with Crippen molar-refractivity contribution in [3.8, 4) is 0 Å². The van der Waals surface area contributed by atoms with Crippen LogP contribution in [0.15, 0.2) is 6.20 Å². The molecule has 0 unspecified atom stereocenters. The summed E-state index contributed by atoms with van der Waals surface area (Å²) in [6, 6.07) is 0. The molecule has 0 radical (unpaired) electrons. The normalized spacial score (nSPS) is 12.0. The van der Waals surface area contributed by atoms with Gasteiger partial charge in [0.05, 0.1) is 11.9 Å². The lowest BCUT2D eigenvalue weighted by Crippen LogP contribution is -2.05. The maximum Gasteiger partial charge on any atom is 0.0724 e. The SMILES string of the molecule is Cn1nncc1CCCCC(C)(C)C. The van der Waals surface area contributed by atoms with Gasteiger partial charge in [0.15, 0.2) is 0 Å². The van der Waals surface area contributed by atoms with E-state index < -0.39 is 0 Å². The zero-order chi connectivity index (χ0) is 10.6. The number of aryl methyl sites for hydroxylation is 2. The molecule has 1 rings (SSSR count). The van der Waals surface area contributed by atoms with Gasteiger partial charge in [0.25, 0.3) is 0 Å². The molecule has 14 heavy (non-hydrogen) atoms. The highest BCUT2D eigenvalue weighted by atomic mass is 15.4. The third kappa shape index (κ3) is 3.90. The number of hydrogen-bond donors (Lipinski definition) is 0. The van der Waals surface area contributed by atoms with E-state index in [0.717, 1.165) is 6.42 Å². The van der Waals surface area contributed by atoms with E-state index in [9.17, 15) is 0 Å². The van der Waals surface area contributed by atoms with Gasteiger partial charge in [-0.05, 0) is 24.7 Å². The molecular formula is C11H21N3. The largest absolute Gasteiger partial charge is 0.252 e. The van der Waals surface area contributed by atoms with Crippen LogP contribution < -0.4 is 0 Å². The van der Waals surface area contributed by atoms with Gasteiger partial charge in [0, 0.05) is 7.05 Å². The Kier molecular flexibility index (Phi) is 3.67. The Balaban J connectivity index is 2.20. The molecule has 80 valence electrons. The van der Waals surface area contributed by atoms with E-state index in [1.807, 2.05) is 17.9 Å². The Labute approximate surface area is 86.5 Å². The second-order valence-electron chi connectivity index (χ2n) is 5.12. The molecule has 0 fully saturated rings. The van der Waals surface area contributed by atoms with Crippen LogP contribution in [0.2, 0.25) is 0 Å². The molecule has 0 aliphatic heterocycles. The number of unbranched alkanes of at least 4 members (excludes halogenated alkanes) is 1. The monoisotopic (exact) mass is 195 g/mol. The Bertz CT molecular complexity index is 270.